The minimum Gasteiger partial charge on any atom is -0.478 e. The fraction of sp³-hybridized carbons (Fsp3) is 0.444. The Morgan fingerprint density at radius 2 is 2.20 bits per heavy atom. The van der Waals surface area contributed by atoms with Crippen molar-refractivity contribution in [2.24, 2.45) is 0 Å². The van der Waals surface area contributed by atoms with E-state index >= 15 is 0 Å². The molecule has 2 N–H and O–H groups in total. The number of hydrogen-bond donors (Lipinski definition) is 2. The average Bonchev–Trinajstić information content (AvgIpc) is 2.25. The van der Waals surface area contributed by atoms with Crippen molar-refractivity contribution in [3.05, 3.63) is 18.0 Å². The van der Waals surface area contributed by atoms with E-state index in [0.717, 1.165) is 0 Å². The molecule has 0 atom stereocenters. The summed E-state index contributed by atoms with van der Waals surface area (Å²) >= 11 is 0. The van der Waals surface area contributed by atoms with E-state index in [0.29, 0.717) is 25.7 Å². The minimum absolute atomic E-state index is 0.0744. The third-order valence-electron chi connectivity index (χ3n) is 1.63. The Morgan fingerprint density at radius 3 is 2.73 bits per heavy atom. The molecule has 0 saturated heterocycles. The molecule has 0 amide bonds. The number of rotatable bonds is 6. The van der Waals surface area contributed by atoms with Crippen molar-refractivity contribution in [3.63, 3.8) is 0 Å². The fourth-order valence-corrected chi connectivity index (χ4v) is 0.909. The number of aromatic nitrogens is 2. The van der Waals surface area contributed by atoms with Crippen molar-refractivity contribution in [1.82, 2.24) is 9.97 Å². The highest BCUT2D eigenvalue weighted by molar-refractivity contribution is 5.86. The van der Waals surface area contributed by atoms with Crippen molar-refractivity contribution >= 4 is 11.9 Å². The number of hydrogen-bond acceptors (Lipinski definition) is 5. The highest BCUT2D eigenvalue weighted by atomic mass is 16.5. The van der Waals surface area contributed by atoms with Gasteiger partial charge in [0.15, 0.2) is 0 Å². The highest BCUT2D eigenvalue weighted by Crippen LogP contribution is 1.99. The van der Waals surface area contributed by atoms with Crippen LogP contribution in [0.25, 0.3) is 0 Å². The van der Waals surface area contributed by atoms with Crippen LogP contribution in [0.5, 0.6) is 0 Å². The maximum Gasteiger partial charge on any atom is 0.338 e. The first-order valence-corrected chi connectivity index (χ1v) is 4.61. The molecule has 0 bridgehead atoms. The Hall–Kier alpha value is -1.69. The summed E-state index contributed by atoms with van der Waals surface area (Å²) in [6, 6.07) is 0. The van der Waals surface area contributed by atoms with Gasteiger partial charge in [-0.3, -0.25) is 0 Å². The second kappa shape index (κ2) is 5.92. The lowest BCUT2D eigenvalue weighted by atomic mass is 10.3. The molecule has 0 aliphatic heterocycles. The summed E-state index contributed by atoms with van der Waals surface area (Å²) in [6.07, 6.45) is 2.52. The Balaban J connectivity index is 2.39. The second-order valence-corrected chi connectivity index (χ2v) is 2.72. The van der Waals surface area contributed by atoms with Crippen LogP contribution in [0.2, 0.25) is 0 Å². The monoisotopic (exact) mass is 211 g/mol. The first-order valence-electron chi connectivity index (χ1n) is 4.61. The van der Waals surface area contributed by atoms with Crippen molar-refractivity contribution < 1.29 is 14.6 Å². The van der Waals surface area contributed by atoms with E-state index in [2.05, 4.69) is 15.3 Å². The smallest absolute Gasteiger partial charge is 0.338 e. The molecule has 82 valence electrons. The van der Waals surface area contributed by atoms with Gasteiger partial charge in [0.1, 0.15) is 0 Å². The molecule has 0 radical (unpaired) electrons. The van der Waals surface area contributed by atoms with Gasteiger partial charge in [-0.25, -0.2) is 14.8 Å². The van der Waals surface area contributed by atoms with Gasteiger partial charge in [-0.1, -0.05) is 0 Å². The summed E-state index contributed by atoms with van der Waals surface area (Å²) < 4.78 is 5.11. The molecule has 1 aromatic heterocycles. The van der Waals surface area contributed by atoms with Crippen molar-refractivity contribution in [3.8, 4) is 0 Å². The fourth-order valence-electron chi connectivity index (χ4n) is 0.909. The zero-order valence-corrected chi connectivity index (χ0v) is 8.43. The van der Waals surface area contributed by atoms with Gasteiger partial charge >= 0.3 is 5.97 Å². The molecular formula is C9H13N3O3. The van der Waals surface area contributed by atoms with Gasteiger partial charge < -0.3 is 15.2 Å². The Labute approximate surface area is 87.3 Å². The summed E-state index contributed by atoms with van der Waals surface area (Å²) in [6.45, 7) is 3.75. The molecule has 0 unspecified atom stereocenters. The first kappa shape index (κ1) is 11.4. The van der Waals surface area contributed by atoms with Crippen molar-refractivity contribution in [1.29, 1.82) is 0 Å². The van der Waals surface area contributed by atoms with Gasteiger partial charge in [0.25, 0.3) is 0 Å². The van der Waals surface area contributed by atoms with E-state index in [9.17, 15) is 4.79 Å². The maximum atomic E-state index is 10.5. The van der Waals surface area contributed by atoms with E-state index in [1.807, 2.05) is 6.92 Å². The summed E-state index contributed by atoms with van der Waals surface area (Å²) in [4.78, 5) is 18.2. The van der Waals surface area contributed by atoms with E-state index in [-0.39, 0.29) is 5.56 Å². The standard InChI is InChI=1S/C9H13N3O3/c1-2-15-4-3-10-9-11-5-7(6-12-9)8(13)14/h5-6H,2-4H2,1H3,(H,13,14)(H,10,11,12). The number of nitrogens with zero attached hydrogens (tertiary/aromatic N) is 2. The molecule has 1 aromatic rings. The van der Waals surface area contributed by atoms with Crippen molar-refractivity contribution in [2.75, 3.05) is 25.1 Å². The number of aromatic carboxylic acids is 1. The van der Waals surface area contributed by atoms with Gasteiger partial charge in [-0.05, 0) is 6.92 Å². The number of ether oxygens (including phenoxy) is 1. The quantitative estimate of drug-likeness (QED) is 0.671. The topological polar surface area (TPSA) is 84.3 Å². The van der Waals surface area contributed by atoms with Crippen LogP contribution in [0, 0.1) is 0 Å². The van der Waals surface area contributed by atoms with Crippen LogP contribution in [-0.2, 0) is 4.74 Å². The Morgan fingerprint density at radius 1 is 1.53 bits per heavy atom. The lowest BCUT2D eigenvalue weighted by Crippen LogP contribution is -2.11. The normalized spacial score (nSPS) is 9.93. The average molecular weight is 211 g/mol. The third-order valence-corrected chi connectivity index (χ3v) is 1.63. The molecule has 0 saturated carbocycles. The summed E-state index contributed by atoms with van der Waals surface area (Å²) in [7, 11) is 0. The first-order chi connectivity index (χ1) is 7.24. The predicted molar refractivity (Wildman–Crippen MR) is 54.0 cm³/mol. The van der Waals surface area contributed by atoms with E-state index in [4.69, 9.17) is 9.84 Å². The predicted octanol–water partition coefficient (Wildman–Crippen LogP) is 0.623. The maximum absolute atomic E-state index is 10.5. The minimum atomic E-state index is -1.03. The number of carboxylic acids is 1. The zero-order valence-electron chi connectivity index (χ0n) is 8.43. The van der Waals surface area contributed by atoms with Gasteiger partial charge in [-0.2, -0.15) is 0 Å². The number of nitrogens with one attached hydrogen (secondary N) is 1. The summed E-state index contributed by atoms with van der Waals surface area (Å²) in [5, 5.41) is 11.5. The third kappa shape index (κ3) is 3.90. The molecule has 0 aliphatic rings. The van der Waals surface area contributed by atoms with Crippen LogP contribution in [0.15, 0.2) is 12.4 Å². The highest BCUT2D eigenvalue weighted by Gasteiger charge is 2.03. The molecule has 6 nitrogen and oxygen atoms in total. The van der Waals surface area contributed by atoms with Crippen LogP contribution in [0.1, 0.15) is 17.3 Å². The SMILES string of the molecule is CCOCCNc1ncc(C(=O)O)cn1. The molecule has 1 heterocycles. The van der Waals surface area contributed by atoms with E-state index in [1.54, 1.807) is 0 Å². The van der Waals surface area contributed by atoms with Crippen LogP contribution in [-0.4, -0.2) is 40.8 Å². The molecule has 6 heteroatoms. The van der Waals surface area contributed by atoms with Gasteiger partial charge in [-0.15, -0.1) is 0 Å². The molecule has 1 rings (SSSR count). The zero-order chi connectivity index (χ0) is 11.1. The van der Waals surface area contributed by atoms with E-state index in [1.165, 1.54) is 12.4 Å². The molecule has 15 heavy (non-hydrogen) atoms. The molecule has 0 fully saturated rings. The van der Waals surface area contributed by atoms with Crippen LogP contribution < -0.4 is 5.32 Å². The summed E-state index contributed by atoms with van der Waals surface area (Å²) in [5.74, 6) is -0.629. The lowest BCUT2D eigenvalue weighted by Gasteiger charge is -2.04. The van der Waals surface area contributed by atoms with Crippen LogP contribution in [0.3, 0.4) is 0 Å². The van der Waals surface area contributed by atoms with Crippen LogP contribution in [0.4, 0.5) is 5.95 Å². The van der Waals surface area contributed by atoms with Gasteiger partial charge in [0, 0.05) is 25.5 Å². The van der Waals surface area contributed by atoms with E-state index < -0.39 is 5.97 Å². The second-order valence-electron chi connectivity index (χ2n) is 2.72. The molecular weight excluding hydrogens is 198 g/mol. The van der Waals surface area contributed by atoms with Crippen molar-refractivity contribution in [2.45, 2.75) is 6.92 Å². The molecule has 0 aromatic carbocycles. The number of anilines is 1. The van der Waals surface area contributed by atoms with Gasteiger partial charge in [0.2, 0.25) is 5.95 Å². The molecule has 0 aliphatic carbocycles. The number of carboxylic acid groups (broad SMARTS) is 1. The van der Waals surface area contributed by atoms with Gasteiger partial charge in [0.05, 0.1) is 12.2 Å². The largest absolute Gasteiger partial charge is 0.478 e. The number of carbonyl (C=O) groups is 1. The van der Waals surface area contributed by atoms with Crippen LogP contribution >= 0.6 is 0 Å². The Kier molecular flexibility index (Phi) is 4.49. The Bertz CT molecular complexity index is 313. The molecule has 0 spiro atoms. The summed E-state index contributed by atoms with van der Waals surface area (Å²) in [5.41, 5.74) is 0.0744. The lowest BCUT2D eigenvalue weighted by molar-refractivity contribution is 0.0696.